The van der Waals surface area contributed by atoms with Crippen molar-refractivity contribution in [2.45, 2.75) is 51.4 Å². The Hall–Kier alpha value is -0.970. The van der Waals surface area contributed by atoms with Gasteiger partial charge in [-0.1, -0.05) is 38.5 Å². The number of hydrazone groups is 1. The second-order valence-electron chi connectivity index (χ2n) is 4.97. The molecule has 0 aliphatic rings. The van der Waals surface area contributed by atoms with Crippen LogP contribution in [-0.2, 0) is 0 Å². The van der Waals surface area contributed by atoms with Gasteiger partial charge in [0.25, 0.3) is 0 Å². The highest BCUT2D eigenvalue weighted by molar-refractivity contribution is 7.78. The van der Waals surface area contributed by atoms with E-state index >= 15 is 0 Å². The summed E-state index contributed by atoms with van der Waals surface area (Å²) in [6.07, 6.45) is 8.70. The fourth-order valence-corrected chi connectivity index (χ4v) is 2.08. The Balaban J connectivity index is 3.33. The highest BCUT2D eigenvalue weighted by Gasteiger charge is 1.98. The van der Waals surface area contributed by atoms with Crippen LogP contribution >= 0.6 is 12.8 Å². The lowest BCUT2D eigenvalue weighted by Gasteiger charge is -2.10. The van der Waals surface area contributed by atoms with Gasteiger partial charge in [-0.15, -0.1) is 0 Å². The van der Waals surface area contributed by atoms with Gasteiger partial charge in [-0.05, 0) is 25.8 Å². The first kappa shape index (κ1) is 20.0. The summed E-state index contributed by atoms with van der Waals surface area (Å²) in [5.41, 5.74) is 0. The molecule has 0 heterocycles. The Morgan fingerprint density at radius 1 is 1.00 bits per heavy atom. The van der Waals surface area contributed by atoms with Crippen LogP contribution in [0.25, 0.3) is 0 Å². The van der Waals surface area contributed by atoms with Crippen molar-refractivity contribution in [1.82, 2.24) is 15.4 Å². The predicted octanol–water partition coefficient (Wildman–Crippen LogP) is 1.52. The quantitative estimate of drug-likeness (QED) is 0.0836. The molecular weight excluding hydrogens is 284 g/mol. The number of thiol groups is 1. The molecule has 0 aliphatic heterocycles. The summed E-state index contributed by atoms with van der Waals surface area (Å²) in [4.78, 5) is 0. The molecule has 0 saturated heterocycles. The number of hydrogen-bond acceptors (Lipinski definition) is 6. The van der Waals surface area contributed by atoms with Crippen molar-refractivity contribution < 1.29 is 0 Å². The number of nitrogens with zero attached hydrogens (tertiary/aromatic N) is 2. The first-order valence-electron chi connectivity index (χ1n) is 7.80. The van der Waals surface area contributed by atoms with Crippen LogP contribution in [-0.4, -0.2) is 32.0 Å². The van der Waals surface area contributed by atoms with Gasteiger partial charge in [0.15, 0.2) is 0 Å². The monoisotopic (exact) mass is 314 g/mol. The molecule has 0 aliphatic carbocycles. The van der Waals surface area contributed by atoms with E-state index in [0.29, 0.717) is 13.0 Å². The molecule has 0 aromatic heterocycles. The zero-order chi connectivity index (χ0) is 15.6. The fourth-order valence-electron chi connectivity index (χ4n) is 1.92. The summed E-state index contributed by atoms with van der Waals surface area (Å²) in [7, 11) is 0. The topological polar surface area (TPSA) is 98.3 Å². The maximum Gasteiger partial charge on any atom is 0.135 e. The van der Waals surface area contributed by atoms with Gasteiger partial charge in [-0.2, -0.15) is 10.4 Å². The van der Waals surface area contributed by atoms with E-state index in [0.717, 1.165) is 44.7 Å². The SMILES string of the molecule is N#CCCCCCCCCN/C(CNCCCNS)=N\N. The molecule has 0 amide bonds. The van der Waals surface area contributed by atoms with Crippen LogP contribution in [0, 0.1) is 11.3 Å². The molecule has 0 radical (unpaired) electrons. The third kappa shape index (κ3) is 15.2. The van der Waals surface area contributed by atoms with E-state index in [1.807, 2.05) is 0 Å². The largest absolute Gasteiger partial charge is 0.371 e. The van der Waals surface area contributed by atoms with E-state index < -0.39 is 0 Å². The third-order valence-corrected chi connectivity index (χ3v) is 3.36. The Kier molecular flexibility index (Phi) is 16.3. The van der Waals surface area contributed by atoms with E-state index in [-0.39, 0.29) is 0 Å². The standard InChI is InChI=1S/C14H30N6S/c15-9-6-4-2-1-3-5-7-11-18-14(20-16)13-17-10-8-12-19-21/h17,19,21H,1-8,10-13,16H2,(H,18,20). The minimum atomic E-state index is 0.678. The highest BCUT2D eigenvalue weighted by Crippen LogP contribution is 2.06. The molecule has 0 fully saturated rings. The van der Waals surface area contributed by atoms with Gasteiger partial charge < -0.3 is 16.5 Å². The van der Waals surface area contributed by atoms with Crippen LogP contribution in [0.1, 0.15) is 51.4 Å². The predicted molar refractivity (Wildman–Crippen MR) is 92.0 cm³/mol. The van der Waals surface area contributed by atoms with Gasteiger partial charge in [0, 0.05) is 19.5 Å². The molecule has 6 nitrogen and oxygen atoms in total. The van der Waals surface area contributed by atoms with E-state index in [4.69, 9.17) is 11.1 Å². The van der Waals surface area contributed by atoms with Crippen LogP contribution in [0.3, 0.4) is 0 Å². The molecular formula is C14H30N6S. The molecule has 7 heteroatoms. The van der Waals surface area contributed by atoms with Gasteiger partial charge in [-0.3, -0.25) is 4.72 Å². The van der Waals surface area contributed by atoms with Gasteiger partial charge in [0.05, 0.1) is 12.6 Å². The molecule has 0 aromatic rings. The van der Waals surface area contributed by atoms with Crippen LogP contribution < -0.4 is 21.2 Å². The molecule has 21 heavy (non-hydrogen) atoms. The average molecular weight is 315 g/mol. The molecule has 0 unspecified atom stereocenters. The van der Waals surface area contributed by atoms with E-state index in [9.17, 15) is 0 Å². The Labute approximate surface area is 134 Å². The normalized spacial score (nSPS) is 11.3. The van der Waals surface area contributed by atoms with Crippen molar-refractivity contribution in [3.05, 3.63) is 0 Å². The summed E-state index contributed by atoms with van der Waals surface area (Å²) in [5.74, 6) is 6.17. The summed E-state index contributed by atoms with van der Waals surface area (Å²) < 4.78 is 2.81. The number of nitrogens with two attached hydrogens (primary N) is 1. The lowest BCUT2D eigenvalue weighted by molar-refractivity contribution is 0.591. The van der Waals surface area contributed by atoms with Crippen molar-refractivity contribution in [2.24, 2.45) is 10.9 Å². The zero-order valence-corrected chi connectivity index (χ0v) is 13.8. The number of amidine groups is 1. The van der Waals surface area contributed by atoms with Crippen LogP contribution in [0.15, 0.2) is 5.10 Å². The molecule has 0 spiro atoms. The molecule has 0 saturated carbocycles. The number of unbranched alkanes of at least 4 members (excludes halogenated alkanes) is 6. The number of rotatable bonds is 14. The van der Waals surface area contributed by atoms with Crippen molar-refractivity contribution in [3.8, 4) is 6.07 Å². The van der Waals surface area contributed by atoms with Gasteiger partial charge >= 0.3 is 0 Å². The molecule has 0 aromatic carbocycles. The lowest BCUT2D eigenvalue weighted by atomic mass is 10.1. The van der Waals surface area contributed by atoms with Gasteiger partial charge in [0.1, 0.15) is 5.84 Å². The fraction of sp³-hybridized carbons (Fsp3) is 0.857. The van der Waals surface area contributed by atoms with Gasteiger partial charge in [0.2, 0.25) is 0 Å². The minimum Gasteiger partial charge on any atom is -0.371 e. The molecule has 0 bridgehead atoms. The second-order valence-corrected chi connectivity index (χ2v) is 5.29. The first-order valence-corrected chi connectivity index (χ1v) is 8.25. The molecule has 122 valence electrons. The van der Waals surface area contributed by atoms with Crippen molar-refractivity contribution in [3.63, 3.8) is 0 Å². The first-order chi connectivity index (χ1) is 10.3. The number of nitrogens with one attached hydrogen (secondary N) is 3. The Morgan fingerprint density at radius 3 is 2.38 bits per heavy atom. The number of nitriles is 1. The smallest absolute Gasteiger partial charge is 0.135 e. The summed E-state index contributed by atoms with van der Waals surface area (Å²) in [6, 6.07) is 2.18. The van der Waals surface area contributed by atoms with Crippen molar-refractivity contribution in [1.29, 1.82) is 5.26 Å². The third-order valence-electron chi connectivity index (χ3n) is 3.13. The van der Waals surface area contributed by atoms with Gasteiger partial charge in [-0.25, -0.2) is 0 Å². The summed E-state index contributed by atoms with van der Waals surface area (Å²) >= 11 is 3.93. The average Bonchev–Trinajstić information content (AvgIpc) is 2.51. The Bertz CT molecular complexity index is 290. The minimum absolute atomic E-state index is 0.678. The molecule has 0 atom stereocenters. The highest BCUT2D eigenvalue weighted by atomic mass is 32.1. The van der Waals surface area contributed by atoms with Crippen LogP contribution in [0.4, 0.5) is 0 Å². The summed E-state index contributed by atoms with van der Waals surface area (Å²) in [6.45, 7) is 3.38. The van der Waals surface area contributed by atoms with E-state index in [1.165, 1.54) is 25.7 Å². The van der Waals surface area contributed by atoms with Crippen LogP contribution in [0.5, 0.6) is 0 Å². The second kappa shape index (κ2) is 17.1. The van der Waals surface area contributed by atoms with E-state index in [2.05, 4.69) is 39.3 Å². The van der Waals surface area contributed by atoms with E-state index in [1.54, 1.807) is 0 Å². The maximum atomic E-state index is 8.43. The Morgan fingerprint density at radius 2 is 1.71 bits per heavy atom. The maximum absolute atomic E-state index is 8.43. The lowest BCUT2D eigenvalue weighted by Crippen LogP contribution is -2.36. The summed E-state index contributed by atoms with van der Waals surface area (Å²) in [5, 5.41) is 18.7. The molecule has 5 N–H and O–H groups in total. The van der Waals surface area contributed by atoms with Crippen molar-refractivity contribution in [2.75, 3.05) is 26.2 Å². The number of hydrogen-bond donors (Lipinski definition) is 5. The molecule has 0 rings (SSSR count). The van der Waals surface area contributed by atoms with Crippen molar-refractivity contribution >= 4 is 18.7 Å². The zero-order valence-electron chi connectivity index (χ0n) is 12.9. The van der Waals surface area contributed by atoms with Crippen LogP contribution in [0.2, 0.25) is 0 Å².